The summed E-state index contributed by atoms with van der Waals surface area (Å²) in [5, 5.41) is 2.79. The van der Waals surface area contributed by atoms with Crippen LogP contribution in [0.3, 0.4) is 0 Å². The molecule has 5 nitrogen and oxygen atoms in total. The number of nitrogens with zero attached hydrogens (tertiary/aromatic N) is 1. The number of piperazine rings is 1. The molecule has 1 N–H and O–H groups in total. The fourth-order valence-corrected chi connectivity index (χ4v) is 4.79. The topological polar surface area (TPSA) is 66.5 Å². The molecule has 3 rings (SSSR count). The average molecular weight is 358 g/mol. The van der Waals surface area contributed by atoms with Crippen LogP contribution >= 0.6 is 0 Å². The van der Waals surface area contributed by atoms with Gasteiger partial charge in [-0.2, -0.15) is 4.31 Å². The first-order chi connectivity index (χ1) is 11.9. The molecule has 1 aliphatic heterocycles. The van der Waals surface area contributed by atoms with E-state index in [2.05, 4.69) is 5.32 Å². The lowest BCUT2D eigenvalue weighted by molar-refractivity contribution is -0.126. The minimum atomic E-state index is -3.62. The number of amides is 1. The van der Waals surface area contributed by atoms with Crippen molar-refractivity contribution in [2.75, 3.05) is 13.1 Å². The molecule has 0 aliphatic carbocycles. The molecule has 1 amide bonds. The van der Waals surface area contributed by atoms with Crippen LogP contribution in [-0.4, -0.2) is 31.7 Å². The zero-order valence-electron chi connectivity index (χ0n) is 14.4. The molecule has 1 atom stereocenters. The van der Waals surface area contributed by atoms with E-state index in [-0.39, 0.29) is 18.2 Å². The molecule has 0 bridgehead atoms. The molecule has 25 heavy (non-hydrogen) atoms. The van der Waals surface area contributed by atoms with Crippen LogP contribution in [0.2, 0.25) is 0 Å². The summed E-state index contributed by atoms with van der Waals surface area (Å²) in [6, 6.07) is 14.0. The normalized spacial score (nSPS) is 18.8. The third-order valence-electron chi connectivity index (χ3n) is 4.48. The predicted octanol–water partition coefficient (Wildman–Crippen LogP) is 2.31. The number of carbonyl (C=O) groups is 1. The molecule has 1 fully saturated rings. The smallest absolute Gasteiger partial charge is 0.243 e. The molecule has 1 saturated heterocycles. The molecule has 0 aromatic heterocycles. The highest BCUT2D eigenvalue weighted by Gasteiger charge is 2.39. The van der Waals surface area contributed by atoms with Gasteiger partial charge in [0, 0.05) is 13.1 Å². The monoisotopic (exact) mass is 358 g/mol. The average Bonchev–Trinajstić information content (AvgIpc) is 2.57. The molecule has 2 aromatic carbocycles. The Balaban J connectivity index is 1.95. The van der Waals surface area contributed by atoms with E-state index in [1.807, 2.05) is 62.4 Å². The summed E-state index contributed by atoms with van der Waals surface area (Å²) in [6.07, 6.45) is 0. The van der Waals surface area contributed by atoms with E-state index in [0.29, 0.717) is 6.54 Å². The fourth-order valence-electron chi connectivity index (χ4n) is 3.11. The predicted molar refractivity (Wildman–Crippen MR) is 97.4 cm³/mol. The molecule has 132 valence electrons. The van der Waals surface area contributed by atoms with Crippen LogP contribution in [0.25, 0.3) is 0 Å². The number of sulfonamides is 1. The summed E-state index contributed by atoms with van der Waals surface area (Å²) in [4.78, 5) is 12.5. The SMILES string of the molecule is Cc1ccc(CS(=O)(=O)N2CCNC(=O)C2c2ccccc2C)cc1. The lowest BCUT2D eigenvalue weighted by atomic mass is 9.99. The van der Waals surface area contributed by atoms with Crippen LogP contribution < -0.4 is 5.32 Å². The van der Waals surface area contributed by atoms with Crippen molar-refractivity contribution in [3.63, 3.8) is 0 Å². The van der Waals surface area contributed by atoms with Gasteiger partial charge in [0.05, 0.1) is 5.75 Å². The molecule has 1 aliphatic rings. The van der Waals surface area contributed by atoms with Gasteiger partial charge >= 0.3 is 0 Å². The van der Waals surface area contributed by atoms with E-state index in [4.69, 9.17) is 0 Å². The summed E-state index contributed by atoms with van der Waals surface area (Å²) >= 11 is 0. The number of carbonyl (C=O) groups excluding carboxylic acids is 1. The molecule has 1 unspecified atom stereocenters. The Morgan fingerprint density at radius 1 is 1.08 bits per heavy atom. The van der Waals surface area contributed by atoms with Crippen LogP contribution in [0.4, 0.5) is 0 Å². The van der Waals surface area contributed by atoms with Crippen LogP contribution in [0.1, 0.15) is 28.3 Å². The summed E-state index contributed by atoms with van der Waals surface area (Å²) in [5.41, 5.74) is 3.43. The number of benzene rings is 2. The molecular formula is C19H22N2O3S. The van der Waals surface area contributed by atoms with Crippen LogP contribution in [-0.2, 0) is 20.6 Å². The third kappa shape index (κ3) is 3.75. The number of rotatable bonds is 4. The van der Waals surface area contributed by atoms with Gasteiger partial charge in [0.2, 0.25) is 15.9 Å². The summed E-state index contributed by atoms with van der Waals surface area (Å²) in [5.74, 6) is -0.379. The standard InChI is InChI=1S/C19H22N2O3S/c1-14-7-9-16(10-8-14)13-25(23,24)21-12-11-20-19(22)18(21)17-6-4-3-5-15(17)2/h3-10,18H,11-13H2,1-2H3,(H,20,22). The van der Waals surface area contributed by atoms with E-state index in [0.717, 1.165) is 22.3 Å². The quantitative estimate of drug-likeness (QED) is 0.912. The molecular weight excluding hydrogens is 336 g/mol. The van der Waals surface area contributed by atoms with Gasteiger partial charge < -0.3 is 5.32 Å². The van der Waals surface area contributed by atoms with Gasteiger partial charge in [-0.15, -0.1) is 0 Å². The van der Waals surface area contributed by atoms with Crippen molar-refractivity contribution in [3.8, 4) is 0 Å². The van der Waals surface area contributed by atoms with Crippen LogP contribution in [0.5, 0.6) is 0 Å². The second kappa shape index (κ2) is 6.98. The fraction of sp³-hybridized carbons (Fsp3) is 0.316. The highest BCUT2D eigenvalue weighted by Crippen LogP contribution is 2.29. The van der Waals surface area contributed by atoms with E-state index in [1.165, 1.54) is 4.31 Å². The molecule has 0 radical (unpaired) electrons. The zero-order valence-corrected chi connectivity index (χ0v) is 15.2. The first-order valence-corrected chi connectivity index (χ1v) is 9.88. The first-order valence-electron chi connectivity index (χ1n) is 8.27. The van der Waals surface area contributed by atoms with E-state index in [9.17, 15) is 13.2 Å². The molecule has 6 heteroatoms. The highest BCUT2D eigenvalue weighted by molar-refractivity contribution is 7.88. The molecule has 0 spiro atoms. The van der Waals surface area contributed by atoms with E-state index < -0.39 is 16.1 Å². The Labute approximate surface area is 148 Å². The van der Waals surface area contributed by atoms with Crippen molar-refractivity contribution >= 4 is 15.9 Å². The first kappa shape index (κ1) is 17.6. The van der Waals surface area contributed by atoms with Crippen molar-refractivity contribution < 1.29 is 13.2 Å². The number of hydrogen-bond acceptors (Lipinski definition) is 3. The van der Waals surface area contributed by atoms with Crippen LogP contribution in [0.15, 0.2) is 48.5 Å². The second-order valence-electron chi connectivity index (χ2n) is 6.40. The van der Waals surface area contributed by atoms with Gasteiger partial charge in [-0.25, -0.2) is 8.42 Å². The second-order valence-corrected chi connectivity index (χ2v) is 8.32. The minimum absolute atomic E-state index is 0.108. The lowest BCUT2D eigenvalue weighted by Gasteiger charge is -2.35. The van der Waals surface area contributed by atoms with Gasteiger partial charge in [-0.1, -0.05) is 54.1 Å². The molecule has 0 saturated carbocycles. The number of nitrogens with one attached hydrogen (secondary N) is 1. The maximum Gasteiger partial charge on any atom is 0.243 e. The summed E-state index contributed by atoms with van der Waals surface area (Å²) in [7, 11) is -3.62. The zero-order chi connectivity index (χ0) is 18.0. The number of aryl methyl sites for hydroxylation is 2. The minimum Gasteiger partial charge on any atom is -0.353 e. The van der Waals surface area contributed by atoms with Gasteiger partial charge in [-0.05, 0) is 30.5 Å². The summed E-state index contributed by atoms with van der Waals surface area (Å²) in [6.45, 7) is 4.46. The van der Waals surface area contributed by atoms with Gasteiger partial charge in [0.1, 0.15) is 6.04 Å². The Kier molecular flexibility index (Phi) is 4.92. The van der Waals surface area contributed by atoms with E-state index >= 15 is 0 Å². The maximum atomic E-state index is 13.0. The Morgan fingerprint density at radius 3 is 2.44 bits per heavy atom. The Bertz CT molecular complexity index is 876. The van der Waals surface area contributed by atoms with Crippen molar-refractivity contribution in [1.29, 1.82) is 0 Å². The van der Waals surface area contributed by atoms with Crippen LogP contribution in [0, 0.1) is 13.8 Å². The van der Waals surface area contributed by atoms with Crippen molar-refractivity contribution in [3.05, 3.63) is 70.8 Å². The van der Waals surface area contributed by atoms with Crippen molar-refractivity contribution in [2.24, 2.45) is 0 Å². The van der Waals surface area contributed by atoms with Gasteiger partial charge in [0.15, 0.2) is 0 Å². The third-order valence-corrected chi connectivity index (χ3v) is 6.28. The highest BCUT2D eigenvalue weighted by atomic mass is 32.2. The maximum absolute atomic E-state index is 13.0. The van der Waals surface area contributed by atoms with Crippen molar-refractivity contribution in [1.82, 2.24) is 9.62 Å². The largest absolute Gasteiger partial charge is 0.353 e. The van der Waals surface area contributed by atoms with Gasteiger partial charge in [0.25, 0.3) is 0 Å². The van der Waals surface area contributed by atoms with Crippen molar-refractivity contribution in [2.45, 2.75) is 25.6 Å². The lowest BCUT2D eigenvalue weighted by Crippen LogP contribution is -2.52. The summed E-state index contributed by atoms with van der Waals surface area (Å²) < 4.78 is 27.4. The van der Waals surface area contributed by atoms with Gasteiger partial charge in [-0.3, -0.25) is 4.79 Å². The Morgan fingerprint density at radius 2 is 1.76 bits per heavy atom. The Hall–Kier alpha value is -2.18. The number of hydrogen-bond donors (Lipinski definition) is 1. The molecule has 1 heterocycles. The molecule has 2 aromatic rings. The van der Waals surface area contributed by atoms with E-state index in [1.54, 1.807) is 0 Å².